The third kappa shape index (κ3) is 7.37. The molecular weight excluding hydrogens is 322 g/mol. The molecule has 6 nitrogen and oxygen atoms in total. The van der Waals surface area contributed by atoms with E-state index in [9.17, 15) is 14.4 Å². The second kappa shape index (κ2) is 8.65. The van der Waals surface area contributed by atoms with Crippen molar-refractivity contribution in [2.45, 2.75) is 53.6 Å². The maximum atomic E-state index is 12.2. The number of hydrogen-bond donors (Lipinski definition) is 1. The monoisotopic (exact) mass is 349 g/mol. The summed E-state index contributed by atoms with van der Waals surface area (Å²) in [5.41, 5.74) is 2.95. The quantitative estimate of drug-likeness (QED) is 0.630. The average Bonchev–Trinajstić information content (AvgIpc) is 2.46. The van der Waals surface area contributed by atoms with E-state index in [1.54, 1.807) is 20.8 Å². The molecule has 0 radical (unpaired) electrons. The zero-order valence-corrected chi connectivity index (χ0v) is 15.8. The Labute approximate surface area is 148 Å². The molecule has 0 unspecified atom stereocenters. The van der Waals surface area contributed by atoms with Gasteiger partial charge in [-0.1, -0.05) is 6.07 Å². The van der Waals surface area contributed by atoms with Crippen molar-refractivity contribution in [3.05, 3.63) is 34.4 Å². The van der Waals surface area contributed by atoms with E-state index in [-0.39, 0.29) is 25.4 Å². The van der Waals surface area contributed by atoms with E-state index in [1.165, 1.54) is 0 Å². The molecule has 0 spiro atoms. The van der Waals surface area contributed by atoms with Gasteiger partial charge < -0.3 is 14.8 Å². The molecule has 1 rings (SSSR count). The summed E-state index contributed by atoms with van der Waals surface area (Å²) in [6, 6.07) is 3.75. The third-order valence-corrected chi connectivity index (χ3v) is 3.50. The lowest BCUT2D eigenvalue weighted by Gasteiger charge is -2.19. The number of carbonyl (C=O) groups excluding carboxylic acids is 3. The molecule has 0 saturated carbocycles. The fourth-order valence-electron chi connectivity index (χ4n) is 2.14. The highest BCUT2D eigenvalue weighted by molar-refractivity contribution is 5.99. The van der Waals surface area contributed by atoms with E-state index in [2.05, 4.69) is 5.32 Å². The van der Waals surface area contributed by atoms with Gasteiger partial charge in [-0.2, -0.15) is 0 Å². The second-order valence-electron chi connectivity index (χ2n) is 7.01. The minimum atomic E-state index is -0.596. The zero-order chi connectivity index (χ0) is 19.2. The van der Waals surface area contributed by atoms with Crippen LogP contribution >= 0.6 is 0 Å². The number of hydrogen-bond acceptors (Lipinski definition) is 5. The first-order valence-electron chi connectivity index (χ1n) is 8.23. The minimum Gasteiger partial charge on any atom is -0.457 e. The van der Waals surface area contributed by atoms with E-state index < -0.39 is 17.7 Å². The summed E-state index contributed by atoms with van der Waals surface area (Å²) < 4.78 is 10.0. The van der Waals surface area contributed by atoms with E-state index >= 15 is 0 Å². The molecule has 0 aliphatic carbocycles. The first-order chi connectivity index (χ1) is 11.5. The number of Topliss-reactive ketones (excluding diaryl/α,β-unsaturated/α-hetero) is 1. The van der Waals surface area contributed by atoms with E-state index in [0.29, 0.717) is 5.56 Å². The molecule has 1 aromatic carbocycles. The molecule has 1 N–H and O–H groups in total. The van der Waals surface area contributed by atoms with Gasteiger partial charge in [0.2, 0.25) is 5.78 Å². The first kappa shape index (κ1) is 20.7. The van der Waals surface area contributed by atoms with E-state index in [0.717, 1.165) is 16.7 Å². The van der Waals surface area contributed by atoms with Crippen molar-refractivity contribution < 1.29 is 23.9 Å². The predicted octanol–water partition coefficient (Wildman–Crippen LogP) is 3.25. The number of carbonyl (C=O) groups is 3. The molecule has 1 aromatic rings. The number of ether oxygens (including phenoxy) is 2. The molecule has 0 aliphatic rings. The molecule has 0 aromatic heterocycles. The fraction of sp³-hybridized carbons (Fsp3) is 0.526. The lowest BCUT2D eigenvalue weighted by Crippen LogP contribution is -2.33. The molecule has 1 amide bonds. The maximum Gasteiger partial charge on any atom is 0.407 e. The van der Waals surface area contributed by atoms with Gasteiger partial charge in [-0.15, -0.1) is 0 Å². The van der Waals surface area contributed by atoms with Crippen LogP contribution < -0.4 is 5.32 Å². The number of aryl methyl sites for hydroxylation is 3. The largest absolute Gasteiger partial charge is 0.457 e. The van der Waals surface area contributed by atoms with Gasteiger partial charge in [0, 0.05) is 12.1 Å². The number of nitrogens with one attached hydrogen (secondary N) is 1. The van der Waals surface area contributed by atoms with Crippen molar-refractivity contribution in [1.29, 1.82) is 0 Å². The zero-order valence-electron chi connectivity index (χ0n) is 15.8. The Kier molecular flexibility index (Phi) is 7.15. The van der Waals surface area contributed by atoms with Gasteiger partial charge in [-0.25, -0.2) is 4.79 Å². The third-order valence-electron chi connectivity index (χ3n) is 3.50. The van der Waals surface area contributed by atoms with E-state index in [1.807, 2.05) is 32.9 Å². The summed E-state index contributed by atoms with van der Waals surface area (Å²) >= 11 is 0. The molecule has 0 saturated heterocycles. The lowest BCUT2D eigenvalue weighted by atomic mass is 9.98. The number of amides is 1. The van der Waals surface area contributed by atoms with Crippen LogP contribution in [0.3, 0.4) is 0 Å². The molecule has 0 bridgehead atoms. The van der Waals surface area contributed by atoms with Crippen molar-refractivity contribution >= 4 is 17.8 Å². The Bertz CT molecular complexity index is 659. The van der Waals surface area contributed by atoms with Gasteiger partial charge in [-0.3, -0.25) is 9.59 Å². The van der Waals surface area contributed by atoms with E-state index in [4.69, 9.17) is 9.47 Å². The number of rotatable bonds is 6. The van der Waals surface area contributed by atoms with Crippen LogP contribution in [0.25, 0.3) is 0 Å². The molecule has 6 heteroatoms. The molecule has 25 heavy (non-hydrogen) atoms. The van der Waals surface area contributed by atoms with Crippen LogP contribution in [0.4, 0.5) is 4.79 Å². The van der Waals surface area contributed by atoms with Crippen LogP contribution in [-0.2, 0) is 14.3 Å². The summed E-state index contributed by atoms with van der Waals surface area (Å²) in [7, 11) is 0. The Hall–Kier alpha value is -2.37. The molecule has 138 valence electrons. The van der Waals surface area contributed by atoms with Crippen LogP contribution in [0.15, 0.2) is 12.1 Å². The van der Waals surface area contributed by atoms with Crippen LogP contribution in [0.1, 0.15) is 54.2 Å². The van der Waals surface area contributed by atoms with Gasteiger partial charge in [-0.05, 0) is 64.3 Å². The van der Waals surface area contributed by atoms with Crippen molar-refractivity contribution in [3.63, 3.8) is 0 Å². The van der Waals surface area contributed by atoms with Crippen molar-refractivity contribution in [2.24, 2.45) is 0 Å². The number of benzene rings is 1. The Morgan fingerprint density at radius 1 is 1.00 bits per heavy atom. The van der Waals surface area contributed by atoms with Crippen LogP contribution in [0.2, 0.25) is 0 Å². The maximum absolute atomic E-state index is 12.2. The van der Waals surface area contributed by atoms with Gasteiger partial charge in [0.15, 0.2) is 6.61 Å². The Morgan fingerprint density at radius 3 is 2.20 bits per heavy atom. The Balaban J connectivity index is 2.40. The lowest BCUT2D eigenvalue weighted by molar-refractivity contribution is -0.142. The number of esters is 1. The minimum absolute atomic E-state index is 0.0293. The standard InChI is InChI=1S/C19H27NO5/c1-12-9-14(3)15(10-13(12)2)16(21)11-24-17(22)7-8-20-18(23)25-19(4,5)6/h9-10H,7-8,11H2,1-6H3,(H,20,23). The highest BCUT2D eigenvalue weighted by Crippen LogP contribution is 2.16. The topological polar surface area (TPSA) is 81.7 Å². The molecule has 0 fully saturated rings. The smallest absolute Gasteiger partial charge is 0.407 e. The average molecular weight is 349 g/mol. The highest BCUT2D eigenvalue weighted by atomic mass is 16.6. The highest BCUT2D eigenvalue weighted by Gasteiger charge is 2.17. The number of alkyl carbamates (subject to hydrolysis) is 1. The van der Waals surface area contributed by atoms with Crippen LogP contribution in [0.5, 0.6) is 0 Å². The van der Waals surface area contributed by atoms with Gasteiger partial charge >= 0.3 is 12.1 Å². The normalized spacial score (nSPS) is 11.0. The van der Waals surface area contributed by atoms with Gasteiger partial charge in [0.05, 0.1) is 6.42 Å². The Morgan fingerprint density at radius 2 is 1.60 bits per heavy atom. The molecule has 0 atom stereocenters. The SMILES string of the molecule is Cc1cc(C)c(C(=O)COC(=O)CCNC(=O)OC(C)(C)C)cc1C. The summed E-state index contributed by atoms with van der Waals surface area (Å²) in [5.74, 6) is -0.792. The van der Waals surface area contributed by atoms with Crippen LogP contribution in [-0.4, -0.2) is 36.6 Å². The fourth-order valence-corrected chi connectivity index (χ4v) is 2.14. The van der Waals surface area contributed by atoms with Gasteiger partial charge in [0.25, 0.3) is 0 Å². The van der Waals surface area contributed by atoms with Gasteiger partial charge in [0.1, 0.15) is 5.60 Å². The second-order valence-corrected chi connectivity index (χ2v) is 7.01. The molecule has 0 heterocycles. The van der Waals surface area contributed by atoms with Crippen LogP contribution in [0, 0.1) is 20.8 Å². The summed E-state index contributed by atoms with van der Waals surface area (Å²) in [5, 5.41) is 2.47. The number of ketones is 1. The molecule has 0 aliphatic heterocycles. The summed E-state index contributed by atoms with van der Waals surface area (Å²) in [6.45, 7) is 10.8. The summed E-state index contributed by atoms with van der Waals surface area (Å²) in [4.78, 5) is 35.3. The van der Waals surface area contributed by atoms with Crippen molar-refractivity contribution in [1.82, 2.24) is 5.32 Å². The first-order valence-corrected chi connectivity index (χ1v) is 8.23. The van der Waals surface area contributed by atoms with Crippen molar-refractivity contribution in [3.8, 4) is 0 Å². The molecular formula is C19H27NO5. The van der Waals surface area contributed by atoms with Crippen molar-refractivity contribution in [2.75, 3.05) is 13.2 Å². The summed E-state index contributed by atoms with van der Waals surface area (Å²) in [6.07, 6.45) is -0.625. The predicted molar refractivity (Wildman–Crippen MR) is 94.8 cm³/mol.